The first-order valence-corrected chi connectivity index (χ1v) is 8.64. The van der Waals surface area contributed by atoms with E-state index in [4.69, 9.17) is 9.47 Å². The van der Waals surface area contributed by atoms with Crippen LogP contribution in [0.5, 0.6) is 0 Å². The van der Waals surface area contributed by atoms with E-state index in [0.29, 0.717) is 19.6 Å². The number of likely N-dealkylation sites (tertiary alicyclic amines) is 1. The van der Waals surface area contributed by atoms with Crippen molar-refractivity contribution in [1.29, 1.82) is 0 Å². The zero-order valence-electron chi connectivity index (χ0n) is 15.5. The maximum Gasteiger partial charge on any atom is 0.410 e. The van der Waals surface area contributed by atoms with E-state index in [1.165, 1.54) is 0 Å². The molecule has 138 valence electrons. The maximum absolute atomic E-state index is 12.1. The molecule has 0 N–H and O–H groups in total. The molecule has 1 aromatic rings. The second-order valence-corrected chi connectivity index (χ2v) is 7.50. The number of nitrogens with zero attached hydrogens (tertiary/aromatic N) is 2. The Morgan fingerprint density at radius 2 is 1.92 bits per heavy atom. The number of benzene rings is 1. The van der Waals surface area contributed by atoms with Crippen molar-refractivity contribution in [2.75, 3.05) is 26.7 Å². The average molecular weight is 348 g/mol. The summed E-state index contributed by atoms with van der Waals surface area (Å²) in [6.07, 6.45) is 0.221. The standard InChI is InChI=1S/C19H28N2O4/c1-19(2,3)25-18(23)21-11-10-16(13-21)12-20(4)17(22)24-14-15-8-6-5-7-9-15/h5-9,16H,10-14H2,1-4H3/t16-/m0/s1. The van der Waals surface area contributed by atoms with Crippen LogP contribution in [0.2, 0.25) is 0 Å². The minimum absolute atomic E-state index is 0.238. The largest absolute Gasteiger partial charge is 0.445 e. The number of hydrogen-bond acceptors (Lipinski definition) is 4. The van der Waals surface area contributed by atoms with Crippen LogP contribution in [-0.2, 0) is 16.1 Å². The third-order valence-corrected chi connectivity index (χ3v) is 3.99. The van der Waals surface area contributed by atoms with Crippen LogP contribution in [0.25, 0.3) is 0 Å². The molecular formula is C19H28N2O4. The van der Waals surface area contributed by atoms with Crippen molar-refractivity contribution < 1.29 is 19.1 Å². The van der Waals surface area contributed by atoms with Gasteiger partial charge in [0.2, 0.25) is 0 Å². The molecule has 2 rings (SSSR count). The minimum Gasteiger partial charge on any atom is -0.445 e. The molecule has 0 radical (unpaired) electrons. The third kappa shape index (κ3) is 6.29. The highest BCUT2D eigenvalue weighted by Crippen LogP contribution is 2.20. The molecule has 1 aliphatic rings. The van der Waals surface area contributed by atoms with Crippen molar-refractivity contribution in [1.82, 2.24) is 9.80 Å². The van der Waals surface area contributed by atoms with Crippen LogP contribution >= 0.6 is 0 Å². The van der Waals surface area contributed by atoms with Gasteiger partial charge in [-0.3, -0.25) is 0 Å². The third-order valence-electron chi connectivity index (χ3n) is 3.99. The molecule has 0 aromatic heterocycles. The Bertz CT molecular complexity index is 583. The molecule has 0 unspecified atom stereocenters. The SMILES string of the molecule is CN(C[C@@H]1CCN(C(=O)OC(C)(C)C)C1)C(=O)OCc1ccccc1. The Morgan fingerprint density at radius 1 is 1.24 bits per heavy atom. The lowest BCUT2D eigenvalue weighted by molar-refractivity contribution is 0.0286. The summed E-state index contributed by atoms with van der Waals surface area (Å²) in [5.74, 6) is 0.238. The van der Waals surface area contributed by atoms with Gasteiger partial charge in [-0.05, 0) is 38.7 Å². The van der Waals surface area contributed by atoms with Crippen LogP contribution in [0.15, 0.2) is 30.3 Å². The first kappa shape index (κ1) is 19.1. The summed E-state index contributed by atoms with van der Waals surface area (Å²) < 4.78 is 10.7. The summed E-state index contributed by atoms with van der Waals surface area (Å²) in [6, 6.07) is 9.59. The normalized spacial score (nSPS) is 17.3. The fourth-order valence-electron chi connectivity index (χ4n) is 2.77. The number of ether oxygens (including phenoxy) is 2. The molecule has 0 saturated carbocycles. The monoisotopic (exact) mass is 348 g/mol. The zero-order chi connectivity index (χ0) is 18.4. The van der Waals surface area contributed by atoms with Gasteiger partial charge in [-0.2, -0.15) is 0 Å². The molecule has 2 amide bonds. The summed E-state index contributed by atoms with van der Waals surface area (Å²) in [5, 5.41) is 0. The van der Waals surface area contributed by atoms with Gasteiger partial charge in [-0.1, -0.05) is 30.3 Å². The summed E-state index contributed by atoms with van der Waals surface area (Å²) in [4.78, 5) is 27.5. The molecule has 1 heterocycles. The van der Waals surface area contributed by atoms with Crippen molar-refractivity contribution >= 4 is 12.2 Å². The van der Waals surface area contributed by atoms with Crippen molar-refractivity contribution in [3.8, 4) is 0 Å². The molecule has 1 aliphatic heterocycles. The molecule has 6 heteroatoms. The molecule has 0 bridgehead atoms. The second kappa shape index (κ2) is 8.23. The molecule has 25 heavy (non-hydrogen) atoms. The van der Waals surface area contributed by atoms with Gasteiger partial charge >= 0.3 is 12.2 Å². The summed E-state index contributed by atoms with van der Waals surface area (Å²) in [7, 11) is 1.73. The molecule has 6 nitrogen and oxygen atoms in total. The first-order valence-electron chi connectivity index (χ1n) is 8.64. The molecule has 0 aliphatic carbocycles. The van der Waals surface area contributed by atoms with Crippen molar-refractivity contribution in [3.63, 3.8) is 0 Å². The van der Waals surface area contributed by atoms with Crippen LogP contribution in [-0.4, -0.2) is 54.3 Å². The number of carbonyl (C=O) groups excluding carboxylic acids is 2. The van der Waals surface area contributed by atoms with Gasteiger partial charge in [0, 0.05) is 26.7 Å². The molecular weight excluding hydrogens is 320 g/mol. The van der Waals surface area contributed by atoms with E-state index < -0.39 is 5.60 Å². The fraction of sp³-hybridized carbons (Fsp3) is 0.579. The lowest BCUT2D eigenvalue weighted by Crippen LogP contribution is -2.37. The zero-order valence-corrected chi connectivity index (χ0v) is 15.5. The van der Waals surface area contributed by atoms with Crippen LogP contribution in [0, 0.1) is 5.92 Å². The topological polar surface area (TPSA) is 59.1 Å². The predicted octanol–water partition coefficient (Wildman–Crippen LogP) is 3.51. The van der Waals surface area contributed by atoms with E-state index in [2.05, 4.69) is 0 Å². The van der Waals surface area contributed by atoms with Crippen molar-refractivity contribution in [3.05, 3.63) is 35.9 Å². The Kier molecular flexibility index (Phi) is 6.28. The average Bonchev–Trinajstić information content (AvgIpc) is 3.00. The fourth-order valence-corrected chi connectivity index (χ4v) is 2.77. The first-order chi connectivity index (χ1) is 11.7. The van der Waals surface area contributed by atoms with Gasteiger partial charge in [0.1, 0.15) is 12.2 Å². The van der Waals surface area contributed by atoms with Gasteiger partial charge in [-0.25, -0.2) is 9.59 Å². The Balaban J connectivity index is 1.74. The minimum atomic E-state index is -0.493. The van der Waals surface area contributed by atoms with Crippen LogP contribution in [0.3, 0.4) is 0 Å². The van der Waals surface area contributed by atoms with E-state index in [9.17, 15) is 9.59 Å². The maximum atomic E-state index is 12.1. The van der Waals surface area contributed by atoms with Crippen molar-refractivity contribution in [2.24, 2.45) is 5.92 Å². The van der Waals surface area contributed by atoms with Crippen LogP contribution in [0.4, 0.5) is 9.59 Å². The van der Waals surface area contributed by atoms with E-state index in [0.717, 1.165) is 12.0 Å². The van der Waals surface area contributed by atoms with Crippen molar-refractivity contribution in [2.45, 2.75) is 39.4 Å². The highest BCUT2D eigenvalue weighted by atomic mass is 16.6. The lowest BCUT2D eigenvalue weighted by atomic mass is 10.1. The molecule has 1 fully saturated rings. The number of carbonyl (C=O) groups is 2. The van der Waals surface area contributed by atoms with Gasteiger partial charge in [0.15, 0.2) is 0 Å². The second-order valence-electron chi connectivity index (χ2n) is 7.50. The van der Waals surface area contributed by atoms with E-state index in [-0.39, 0.29) is 24.7 Å². The summed E-state index contributed by atoms with van der Waals surface area (Å²) >= 11 is 0. The smallest absolute Gasteiger partial charge is 0.410 e. The molecule has 1 aromatic carbocycles. The lowest BCUT2D eigenvalue weighted by Gasteiger charge is -2.25. The molecule has 1 saturated heterocycles. The number of rotatable bonds is 4. The van der Waals surface area contributed by atoms with Crippen LogP contribution in [0.1, 0.15) is 32.8 Å². The van der Waals surface area contributed by atoms with Gasteiger partial charge < -0.3 is 19.3 Å². The van der Waals surface area contributed by atoms with Gasteiger partial charge in [-0.15, -0.1) is 0 Å². The van der Waals surface area contributed by atoms with Gasteiger partial charge in [0.25, 0.3) is 0 Å². The van der Waals surface area contributed by atoms with Crippen LogP contribution < -0.4 is 0 Å². The summed E-state index contributed by atoms with van der Waals surface area (Å²) in [6.45, 7) is 7.66. The quantitative estimate of drug-likeness (QED) is 0.835. The summed E-state index contributed by atoms with van der Waals surface area (Å²) in [5.41, 5.74) is 0.467. The Labute approximate surface area is 149 Å². The van der Waals surface area contributed by atoms with E-state index in [1.54, 1.807) is 16.8 Å². The van der Waals surface area contributed by atoms with Gasteiger partial charge in [0.05, 0.1) is 0 Å². The number of amides is 2. The molecule has 0 spiro atoms. The highest BCUT2D eigenvalue weighted by molar-refractivity contribution is 5.69. The van der Waals surface area contributed by atoms with E-state index in [1.807, 2.05) is 51.1 Å². The molecule has 1 atom stereocenters. The Hall–Kier alpha value is -2.24. The Morgan fingerprint density at radius 3 is 2.56 bits per heavy atom. The van der Waals surface area contributed by atoms with E-state index >= 15 is 0 Å². The number of hydrogen-bond donors (Lipinski definition) is 0. The predicted molar refractivity (Wildman–Crippen MR) is 95.2 cm³/mol. The highest BCUT2D eigenvalue weighted by Gasteiger charge is 2.31.